The minimum Gasteiger partial charge on any atom is -0.326 e. The zero-order chi connectivity index (χ0) is 18.8. The highest BCUT2D eigenvalue weighted by atomic mass is 16.5. The molecule has 1 aromatic rings. The van der Waals surface area contributed by atoms with Crippen LogP contribution in [0.25, 0.3) is 0 Å². The summed E-state index contributed by atoms with van der Waals surface area (Å²) >= 11 is 0. The Balaban J connectivity index is 2.76. The van der Waals surface area contributed by atoms with E-state index in [2.05, 4.69) is 10.6 Å². The Hall–Kier alpha value is -2.65. The molecule has 1 rings (SSSR count). The van der Waals surface area contributed by atoms with E-state index in [1.54, 1.807) is 24.3 Å². The minimum atomic E-state index is -1.04. The van der Waals surface area contributed by atoms with Crippen LogP contribution >= 0.6 is 0 Å². The summed E-state index contributed by atoms with van der Waals surface area (Å²) in [6, 6.07) is 6.17. The van der Waals surface area contributed by atoms with Gasteiger partial charge in [0.1, 0.15) is 12.1 Å². The van der Waals surface area contributed by atoms with E-state index in [0.29, 0.717) is 6.42 Å². The number of carbonyl (C=O) groups is 3. The molecule has 0 fully saturated rings. The third-order valence-electron chi connectivity index (χ3n) is 3.45. The van der Waals surface area contributed by atoms with Crippen molar-refractivity contribution < 1.29 is 24.8 Å². The highest BCUT2D eigenvalue weighted by molar-refractivity contribution is 5.89. The molecule has 9 heteroatoms. The Labute approximate surface area is 145 Å². The maximum Gasteiger partial charge on any atom is 0.316 e. The fourth-order valence-electron chi connectivity index (χ4n) is 2.28. The first-order chi connectivity index (χ1) is 11.9. The molecule has 0 aliphatic rings. The van der Waals surface area contributed by atoms with Gasteiger partial charge in [0, 0.05) is 6.42 Å². The molecule has 2 unspecified atom stereocenters. The van der Waals surface area contributed by atoms with E-state index < -0.39 is 29.9 Å². The second kappa shape index (κ2) is 10.3. The predicted molar refractivity (Wildman–Crippen MR) is 88.7 cm³/mol. The number of rotatable bonds is 8. The molecule has 25 heavy (non-hydrogen) atoms. The molecule has 138 valence electrons. The number of nitrogens with one attached hydrogen (secondary N) is 4. The van der Waals surface area contributed by atoms with Crippen LogP contribution in [0.5, 0.6) is 0 Å². The van der Waals surface area contributed by atoms with Gasteiger partial charge in [-0.25, -0.2) is 15.8 Å². The summed E-state index contributed by atoms with van der Waals surface area (Å²) in [5, 5.41) is 22.4. The summed E-state index contributed by atoms with van der Waals surface area (Å²) in [5.41, 5.74) is 3.79. The summed E-state index contributed by atoms with van der Waals surface area (Å²) in [4.78, 5) is 35.5. The molecule has 0 bridgehead atoms. The first-order valence-electron chi connectivity index (χ1n) is 7.86. The SMILES string of the molecule is CC(C)CC(NC(=O)NC(Cc1ccccc1)C(=O)NO)C(=O)NO. The lowest BCUT2D eigenvalue weighted by atomic mass is 10.0. The van der Waals surface area contributed by atoms with Gasteiger partial charge < -0.3 is 10.6 Å². The van der Waals surface area contributed by atoms with Crippen LogP contribution in [0.1, 0.15) is 25.8 Å². The molecule has 0 spiro atoms. The minimum absolute atomic E-state index is 0.0865. The normalized spacial score (nSPS) is 12.8. The maximum atomic E-state index is 12.1. The van der Waals surface area contributed by atoms with E-state index in [1.807, 2.05) is 19.9 Å². The van der Waals surface area contributed by atoms with Crippen molar-refractivity contribution in [3.8, 4) is 0 Å². The zero-order valence-corrected chi connectivity index (χ0v) is 14.2. The number of hydrogen-bond donors (Lipinski definition) is 6. The van der Waals surface area contributed by atoms with E-state index >= 15 is 0 Å². The summed E-state index contributed by atoms with van der Waals surface area (Å²) in [7, 11) is 0. The van der Waals surface area contributed by atoms with E-state index in [1.165, 1.54) is 11.0 Å². The Morgan fingerprint density at radius 3 is 1.96 bits per heavy atom. The average molecular weight is 352 g/mol. The summed E-state index contributed by atoms with van der Waals surface area (Å²) in [5.74, 6) is -1.45. The molecule has 0 radical (unpaired) electrons. The third kappa shape index (κ3) is 7.19. The standard InChI is InChI=1S/C16H24N4O5/c1-10(2)8-12(14(21)19-24)17-16(23)18-13(15(22)20-25)9-11-6-4-3-5-7-11/h3-7,10,12-13,24-25H,8-9H2,1-2H3,(H,19,21)(H,20,22)(H2,17,18,23). The summed E-state index contributed by atoms with van der Waals surface area (Å²) in [6.45, 7) is 3.71. The largest absolute Gasteiger partial charge is 0.326 e. The molecule has 0 heterocycles. The average Bonchev–Trinajstić information content (AvgIpc) is 2.59. The van der Waals surface area contributed by atoms with Gasteiger partial charge in [-0.15, -0.1) is 0 Å². The lowest BCUT2D eigenvalue weighted by molar-refractivity contribution is -0.131. The highest BCUT2D eigenvalue weighted by Gasteiger charge is 2.25. The Morgan fingerprint density at radius 2 is 1.44 bits per heavy atom. The molecular formula is C16H24N4O5. The van der Waals surface area contributed by atoms with Crippen LogP contribution in [-0.2, 0) is 16.0 Å². The van der Waals surface area contributed by atoms with Crippen molar-refractivity contribution >= 4 is 17.8 Å². The Kier molecular flexibility index (Phi) is 8.37. The van der Waals surface area contributed by atoms with Gasteiger partial charge in [-0.2, -0.15) is 0 Å². The van der Waals surface area contributed by atoms with Crippen LogP contribution in [0.15, 0.2) is 30.3 Å². The van der Waals surface area contributed by atoms with Crippen molar-refractivity contribution in [2.75, 3.05) is 0 Å². The first-order valence-corrected chi connectivity index (χ1v) is 7.86. The van der Waals surface area contributed by atoms with Gasteiger partial charge >= 0.3 is 6.03 Å². The van der Waals surface area contributed by atoms with Crippen LogP contribution in [-0.4, -0.2) is 40.3 Å². The molecule has 2 atom stereocenters. The van der Waals surface area contributed by atoms with Crippen LogP contribution in [0.2, 0.25) is 0 Å². The molecule has 4 amide bonds. The van der Waals surface area contributed by atoms with Crippen molar-refractivity contribution in [2.24, 2.45) is 5.92 Å². The van der Waals surface area contributed by atoms with Crippen molar-refractivity contribution in [1.82, 2.24) is 21.6 Å². The van der Waals surface area contributed by atoms with Gasteiger partial charge in [0.05, 0.1) is 0 Å². The van der Waals surface area contributed by atoms with Gasteiger partial charge in [0.2, 0.25) is 0 Å². The van der Waals surface area contributed by atoms with Gasteiger partial charge in [-0.1, -0.05) is 44.2 Å². The van der Waals surface area contributed by atoms with E-state index in [0.717, 1.165) is 5.56 Å². The van der Waals surface area contributed by atoms with Crippen molar-refractivity contribution in [3.63, 3.8) is 0 Å². The van der Waals surface area contributed by atoms with Crippen molar-refractivity contribution in [1.29, 1.82) is 0 Å². The van der Waals surface area contributed by atoms with E-state index in [9.17, 15) is 14.4 Å². The van der Waals surface area contributed by atoms with Crippen LogP contribution < -0.4 is 21.6 Å². The second-order valence-electron chi connectivity index (χ2n) is 5.99. The van der Waals surface area contributed by atoms with Crippen molar-refractivity contribution in [2.45, 2.75) is 38.8 Å². The van der Waals surface area contributed by atoms with Crippen molar-refractivity contribution in [3.05, 3.63) is 35.9 Å². The number of amides is 4. The van der Waals surface area contributed by atoms with Crippen LogP contribution in [0.4, 0.5) is 4.79 Å². The van der Waals surface area contributed by atoms with Gasteiger partial charge in [-0.3, -0.25) is 20.0 Å². The number of urea groups is 1. The maximum absolute atomic E-state index is 12.1. The van der Waals surface area contributed by atoms with Gasteiger partial charge in [-0.05, 0) is 17.9 Å². The molecule has 0 saturated carbocycles. The summed E-state index contributed by atoms with van der Waals surface area (Å²) in [6.07, 6.45) is 0.455. The van der Waals surface area contributed by atoms with Crippen LogP contribution in [0, 0.1) is 5.92 Å². The molecule has 0 saturated heterocycles. The Bertz CT molecular complexity index is 579. The first kappa shape index (κ1) is 20.4. The fraction of sp³-hybridized carbons (Fsp3) is 0.438. The van der Waals surface area contributed by atoms with Gasteiger partial charge in [0.25, 0.3) is 11.8 Å². The monoisotopic (exact) mass is 352 g/mol. The number of hydroxylamine groups is 2. The summed E-state index contributed by atoms with van der Waals surface area (Å²) < 4.78 is 0. The molecule has 9 nitrogen and oxygen atoms in total. The second-order valence-corrected chi connectivity index (χ2v) is 5.99. The molecule has 1 aromatic carbocycles. The fourth-order valence-corrected chi connectivity index (χ4v) is 2.28. The van der Waals surface area contributed by atoms with E-state index in [4.69, 9.17) is 10.4 Å². The molecule has 0 aliphatic heterocycles. The van der Waals surface area contributed by atoms with E-state index in [-0.39, 0.29) is 12.3 Å². The predicted octanol–water partition coefficient (Wildman–Crippen LogP) is 0.322. The Morgan fingerprint density at radius 1 is 0.920 bits per heavy atom. The van der Waals surface area contributed by atoms with Crippen LogP contribution in [0.3, 0.4) is 0 Å². The smallest absolute Gasteiger partial charge is 0.316 e. The number of benzene rings is 1. The lowest BCUT2D eigenvalue weighted by Crippen LogP contribution is -2.55. The topological polar surface area (TPSA) is 140 Å². The quantitative estimate of drug-likeness (QED) is 0.295. The molecule has 0 aromatic heterocycles. The zero-order valence-electron chi connectivity index (χ0n) is 14.2. The highest BCUT2D eigenvalue weighted by Crippen LogP contribution is 2.06. The lowest BCUT2D eigenvalue weighted by Gasteiger charge is -2.22. The van der Waals surface area contributed by atoms with Gasteiger partial charge in [0.15, 0.2) is 0 Å². The molecular weight excluding hydrogens is 328 g/mol. The molecule has 0 aliphatic carbocycles. The third-order valence-corrected chi connectivity index (χ3v) is 3.45. The number of hydrogen-bond acceptors (Lipinski definition) is 5. The molecule has 6 N–H and O–H groups in total. The number of carbonyl (C=O) groups excluding carboxylic acids is 3.